The summed E-state index contributed by atoms with van der Waals surface area (Å²) in [5.74, 6) is 0.0784. The van der Waals surface area contributed by atoms with Crippen molar-refractivity contribution in [2.45, 2.75) is 12.4 Å². The summed E-state index contributed by atoms with van der Waals surface area (Å²) in [5.41, 5.74) is 2.48. The van der Waals surface area contributed by atoms with Crippen molar-refractivity contribution in [3.63, 3.8) is 0 Å². The summed E-state index contributed by atoms with van der Waals surface area (Å²) in [5, 5.41) is 0. The fourth-order valence-electron chi connectivity index (χ4n) is 1.89. The maximum atomic E-state index is 12.8. The van der Waals surface area contributed by atoms with Crippen LogP contribution in [0.25, 0.3) is 0 Å². The van der Waals surface area contributed by atoms with Crippen LogP contribution in [-0.2, 0) is 12.4 Å². The molecule has 0 bridgehead atoms. The molecule has 20 heavy (non-hydrogen) atoms. The first kappa shape index (κ1) is 14.5. The van der Waals surface area contributed by atoms with Crippen molar-refractivity contribution in [3.05, 3.63) is 71.0 Å². The lowest BCUT2D eigenvalue weighted by atomic mass is 10.1. The topological polar surface area (TPSA) is 20.3 Å². The summed E-state index contributed by atoms with van der Waals surface area (Å²) in [4.78, 5) is 13.8. The lowest BCUT2D eigenvalue weighted by Crippen LogP contribution is -2.26. The van der Waals surface area contributed by atoms with Crippen LogP contribution in [0.1, 0.15) is 21.5 Å². The average molecular weight is 292 g/mol. The molecule has 2 aromatic rings. The molecule has 0 aliphatic carbocycles. The van der Waals surface area contributed by atoms with Crippen LogP contribution in [-0.4, -0.2) is 17.9 Å². The molecular weight excluding hydrogens is 277 g/mol. The molecule has 0 aromatic heterocycles. The Labute approximate surface area is 122 Å². The standard InChI is InChI=1S/C16H15ClFNO/c1-19(11-13-4-8-15(18)9-5-13)16(20)14-6-2-12(10-17)3-7-14/h2-9H,10-11H2,1H3. The summed E-state index contributed by atoms with van der Waals surface area (Å²) < 4.78 is 12.8. The van der Waals surface area contributed by atoms with Gasteiger partial charge >= 0.3 is 0 Å². The van der Waals surface area contributed by atoms with E-state index in [1.165, 1.54) is 12.1 Å². The number of benzene rings is 2. The Bertz CT molecular complexity index is 580. The van der Waals surface area contributed by atoms with Crippen LogP contribution in [0.4, 0.5) is 4.39 Å². The van der Waals surface area contributed by atoms with Crippen LogP contribution in [0.15, 0.2) is 48.5 Å². The lowest BCUT2D eigenvalue weighted by Gasteiger charge is -2.17. The highest BCUT2D eigenvalue weighted by Crippen LogP contribution is 2.11. The maximum absolute atomic E-state index is 12.8. The normalized spacial score (nSPS) is 10.3. The number of rotatable bonds is 4. The van der Waals surface area contributed by atoms with Gasteiger partial charge in [-0.2, -0.15) is 0 Å². The number of hydrogen-bond donors (Lipinski definition) is 0. The molecule has 0 unspecified atom stereocenters. The molecule has 4 heteroatoms. The van der Waals surface area contributed by atoms with E-state index in [2.05, 4.69) is 0 Å². The average Bonchev–Trinajstić information content (AvgIpc) is 2.49. The zero-order chi connectivity index (χ0) is 14.5. The Balaban J connectivity index is 2.05. The van der Waals surface area contributed by atoms with Crippen molar-refractivity contribution >= 4 is 17.5 Å². The minimum atomic E-state index is -0.278. The van der Waals surface area contributed by atoms with E-state index >= 15 is 0 Å². The first-order chi connectivity index (χ1) is 9.60. The molecule has 0 saturated carbocycles. The second-order valence-corrected chi connectivity index (χ2v) is 4.89. The Hall–Kier alpha value is -1.87. The smallest absolute Gasteiger partial charge is 0.253 e. The third-order valence-corrected chi connectivity index (χ3v) is 3.34. The largest absolute Gasteiger partial charge is 0.337 e. The van der Waals surface area contributed by atoms with E-state index in [0.717, 1.165) is 11.1 Å². The third-order valence-electron chi connectivity index (χ3n) is 3.03. The number of halogens is 2. The van der Waals surface area contributed by atoms with Crippen LogP contribution >= 0.6 is 11.6 Å². The van der Waals surface area contributed by atoms with Crippen molar-refractivity contribution in [3.8, 4) is 0 Å². The minimum Gasteiger partial charge on any atom is -0.337 e. The van der Waals surface area contributed by atoms with Crippen LogP contribution in [0, 0.1) is 5.82 Å². The predicted molar refractivity (Wildman–Crippen MR) is 78.2 cm³/mol. The third kappa shape index (κ3) is 3.58. The fraction of sp³-hybridized carbons (Fsp3) is 0.188. The molecule has 0 spiro atoms. The summed E-state index contributed by atoms with van der Waals surface area (Å²) in [6, 6.07) is 13.3. The fourth-order valence-corrected chi connectivity index (χ4v) is 2.07. The first-order valence-corrected chi connectivity index (χ1v) is 6.78. The molecule has 2 nitrogen and oxygen atoms in total. The van der Waals surface area contributed by atoms with E-state index in [1.54, 1.807) is 36.2 Å². The molecular formula is C16H15ClFNO. The molecule has 2 rings (SSSR count). The Kier molecular flexibility index (Phi) is 4.74. The first-order valence-electron chi connectivity index (χ1n) is 6.25. The molecule has 0 N–H and O–H groups in total. The molecule has 2 aromatic carbocycles. The maximum Gasteiger partial charge on any atom is 0.253 e. The second kappa shape index (κ2) is 6.53. The highest BCUT2D eigenvalue weighted by Gasteiger charge is 2.11. The summed E-state index contributed by atoms with van der Waals surface area (Å²) in [6.07, 6.45) is 0. The predicted octanol–water partition coefficient (Wildman–Crippen LogP) is 3.84. The second-order valence-electron chi connectivity index (χ2n) is 4.62. The number of hydrogen-bond acceptors (Lipinski definition) is 1. The molecule has 0 fully saturated rings. The van der Waals surface area contributed by atoms with Crippen molar-refractivity contribution in [2.75, 3.05) is 7.05 Å². The zero-order valence-electron chi connectivity index (χ0n) is 11.1. The van der Waals surface area contributed by atoms with Crippen molar-refractivity contribution in [1.82, 2.24) is 4.90 Å². The highest BCUT2D eigenvalue weighted by atomic mass is 35.5. The van der Waals surface area contributed by atoms with Gasteiger partial charge in [0.05, 0.1) is 0 Å². The molecule has 0 aliphatic heterocycles. The van der Waals surface area contributed by atoms with E-state index in [-0.39, 0.29) is 11.7 Å². The lowest BCUT2D eigenvalue weighted by molar-refractivity contribution is 0.0785. The molecule has 0 aliphatic rings. The van der Waals surface area contributed by atoms with Crippen LogP contribution in [0.5, 0.6) is 0 Å². The Morgan fingerprint density at radius 3 is 2.15 bits per heavy atom. The van der Waals surface area contributed by atoms with Gasteiger partial charge in [0, 0.05) is 25.0 Å². The van der Waals surface area contributed by atoms with E-state index < -0.39 is 0 Å². The van der Waals surface area contributed by atoms with Gasteiger partial charge in [0.1, 0.15) is 5.82 Å². The highest BCUT2D eigenvalue weighted by molar-refractivity contribution is 6.17. The summed E-state index contributed by atoms with van der Waals surface area (Å²) in [7, 11) is 1.72. The summed E-state index contributed by atoms with van der Waals surface area (Å²) in [6.45, 7) is 0.441. The monoisotopic (exact) mass is 291 g/mol. The molecule has 0 saturated heterocycles. The van der Waals surface area contributed by atoms with Gasteiger partial charge in [0.15, 0.2) is 0 Å². The van der Waals surface area contributed by atoms with Crippen LogP contribution in [0.3, 0.4) is 0 Å². The molecule has 0 radical (unpaired) electrons. The number of nitrogens with zero attached hydrogens (tertiary/aromatic N) is 1. The van der Waals surface area contributed by atoms with Gasteiger partial charge in [-0.25, -0.2) is 4.39 Å². The van der Waals surface area contributed by atoms with Crippen LogP contribution < -0.4 is 0 Å². The van der Waals surface area contributed by atoms with E-state index in [4.69, 9.17) is 11.6 Å². The Morgan fingerprint density at radius 2 is 1.60 bits per heavy atom. The summed E-state index contributed by atoms with van der Waals surface area (Å²) >= 11 is 5.72. The number of carbonyl (C=O) groups is 1. The van der Waals surface area contributed by atoms with Gasteiger partial charge in [-0.15, -0.1) is 11.6 Å². The van der Waals surface area contributed by atoms with E-state index in [0.29, 0.717) is 18.0 Å². The SMILES string of the molecule is CN(Cc1ccc(F)cc1)C(=O)c1ccc(CCl)cc1. The van der Waals surface area contributed by atoms with Crippen molar-refractivity contribution < 1.29 is 9.18 Å². The van der Waals surface area contributed by atoms with Gasteiger partial charge in [-0.1, -0.05) is 24.3 Å². The van der Waals surface area contributed by atoms with Crippen LogP contribution in [0.2, 0.25) is 0 Å². The van der Waals surface area contributed by atoms with Gasteiger partial charge in [0.2, 0.25) is 0 Å². The Morgan fingerprint density at radius 1 is 1.05 bits per heavy atom. The number of alkyl halides is 1. The molecule has 104 valence electrons. The minimum absolute atomic E-state index is 0.0737. The number of carbonyl (C=O) groups excluding carboxylic acids is 1. The van der Waals surface area contributed by atoms with Gasteiger partial charge in [-0.3, -0.25) is 4.79 Å². The molecule has 0 heterocycles. The van der Waals surface area contributed by atoms with Crippen molar-refractivity contribution in [2.24, 2.45) is 0 Å². The van der Waals surface area contributed by atoms with Gasteiger partial charge in [-0.05, 0) is 35.4 Å². The quantitative estimate of drug-likeness (QED) is 0.784. The number of amides is 1. The van der Waals surface area contributed by atoms with Crippen molar-refractivity contribution in [1.29, 1.82) is 0 Å². The molecule has 1 amide bonds. The van der Waals surface area contributed by atoms with E-state index in [9.17, 15) is 9.18 Å². The molecule has 0 atom stereocenters. The van der Waals surface area contributed by atoms with E-state index in [1.807, 2.05) is 12.1 Å². The van der Waals surface area contributed by atoms with Gasteiger partial charge < -0.3 is 4.90 Å². The van der Waals surface area contributed by atoms with Gasteiger partial charge in [0.25, 0.3) is 5.91 Å². The zero-order valence-corrected chi connectivity index (χ0v) is 11.9.